The van der Waals surface area contributed by atoms with Crippen molar-refractivity contribution in [2.75, 3.05) is 26.7 Å². The van der Waals surface area contributed by atoms with Crippen LogP contribution in [0.5, 0.6) is 17.2 Å². The van der Waals surface area contributed by atoms with Crippen LogP contribution in [0.2, 0.25) is 0 Å². The average molecular weight is 336 g/mol. The molecule has 1 aliphatic heterocycles. The number of halogens is 1. The second-order valence-electron chi connectivity index (χ2n) is 5.67. The van der Waals surface area contributed by atoms with E-state index in [0.29, 0.717) is 11.5 Å². The van der Waals surface area contributed by atoms with Gasteiger partial charge in [-0.3, -0.25) is 0 Å². The first kappa shape index (κ1) is 17.6. The fraction of sp³-hybridized carbons (Fsp3) is 0.333. The minimum Gasteiger partial charge on any atom is -0.504 e. The highest BCUT2D eigenvalue weighted by molar-refractivity contribution is 5.85. The second kappa shape index (κ2) is 8.20. The Kier molecular flexibility index (Phi) is 6.28. The van der Waals surface area contributed by atoms with Crippen LogP contribution in [0, 0.1) is 0 Å². The third-order valence-corrected chi connectivity index (χ3v) is 3.82. The summed E-state index contributed by atoms with van der Waals surface area (Å²) in [5.74, 6) is 1.32. The number of morpholine rings is 1. The maximum Gasteiger partial charge on any atom is 0.169 e. The maximum absolute atomic E-state index is 9.72. The minimum absolute atomic E-state index is 0. The van der Waals surface area contributed by atoms with Crippen molar-refractivity contribution in [3.8, 4) is 17.2 Å². The molecule has 4 nitrogen and oxygen atoms in total. The highest BCUT2D eigenvalue weighted by Crippen LogP contribution is 2.30. The van der Waals surface area contributed by atoms with Gasteiger partial charge in [-0.1, -0.05) is 24.3 Å². The first-order chi connectivity index (χ1) is 10.7. The zero-order chi connectivity index (χ0) is 15.4. The minimum atomic E-state index is 0. The first-order valence-electron chi connectivity index (χ1n) is 7.55. The van der Waals surface area contributed by atoms with E-state index in [-0.39, 0.29) is 24.3 Å². The van der Waals surface area contributed by atoms with Crippen LogP contribution in [0.15, 0.2) is 48.5 Å². The van der Waals surface area contributed by atoms with Crippen molar-refractivity contribution in [2.24, 2.45) is 0 Å². The molecule has 1 saturated heterocycles. The summed E-state index contributed by atoms with van der Waals surface area (Å²) in [5, 5.41) is 9.72. The highest BCUT2D eigenvalue weighted by Gasteiger charge is 2.17. The van der Waals surface area contributed by atoms with E-state index in [1.807, 2.05) is 30.3 Å². The van der Waals surface area contributed by atoms with Gasteiger partial charge in [0.05, 0.1) is 12.7 Å². The number of rotatable bonds is 4. The lowest BCUT2D eigenvalue weighted by Crippen LogP contribution is -2.40. The van der Waals surface area contributed by atoms with E-state index < -0.39 is 0 Å². The number of likely N-dealkylation sites (N-methyl/N-ethyl adjacent to an activating group) is 1. The monoisotopic (exact) mass is 335 g/mol. The summed E-state index contributed by atoms with van der Waals surface area (Å²) in [5.41, 5.74) is 1.23. The molecular formula is C18H22ClNO3. The number of phenolic OH excluding ortho intramolecular Hbond substituents is 1. The van der Waals surface area contributed by atoms with E-state index in [1.54, 1.807) is 18.2 Å². The molecule has 124 valence electrons. The van der Waals surface area contributed by atoms with E-state index in [2.05, 4.69) is 11.9 Å². The molecule has 3 rings (SSSR count). The number of aromatic hydroxyl groups is 1. The van der Waals surface area contributed by atoms with Crippen molar-refractivity contribution in [3.05, 3.63) is 54.1 Å². The van der Waals surface area contributed by atoms with E-state index in [4.69, 9.17) is 9.47 Å². The van der Waals surface area contributed by atoms with E-state index in [1.165, 1.54) is 5.56 Å². The van der Waals surface area contributed by atoms with Crippen molar-refractivity contribution in [1.29, 1.82) is 0 Å². The van der Waals surface area contributed by atoms with Gasteiger partial charge in [-0.15, -0.1) is 12.4 Å². The Morgan fingerprint density at radius 2 is 1.91 bits per heavy atom. The molecule has 0 amide bonds. The number of nitrogens with zero attached hydrogens (tertiary/aromatic N) is 1. The Morgan fingerprint density at radius 1 is 1.17 bits per heavy atom. The Morgan fingerprint density at radius 3 is 2.61 bits per heavy atom. The third-order valence-electron chi connectivity index (χ3n) is 3.82. The maximum atomic E-state index is 9.72. The quantitative estimate of drug-likeness (QED) is 0.928. The molecule has 23 heavy (non-hydrogen) atoms. The normalized spacial score (nSPS) is 18.2. The number of hydrogen-bond acceptors (Lipinski definition) is 4. The summed E-state index contributed by atoms with van der Waals surface area (Å²) >= 11 is 0. The van der Waals surface area contributed by atoms with E-state index in [9.17, 15) is 5.11 Å². The van der Waals surface area contributed by atoms with Crippen LogP contribution in [0.25, 0.3) is 0 Å². The Balaban J connectivity index is 0.00000192. The molecule has 1 N–H and O–H groups in total. The summed E-state index contributed by atoms with van der Waals surface area (Å²) in [6, 6.07) is 14.9. The number of phenols is 1. The zero-order valence-electron chi connectivity index (χ0n) is 13.1. The molecule has 2 aromatic rings. The highest BCUT2D eigenvalue weighted by atomic mass is 35.5. The molecule has 1 aliphatic rings. The van der Waals surface area contributed by atoms with Gasteiger partial charge in [-0.25, -0.2) is 0 Å². The molecule has 5 heteroatoms. The number of para-hydroxylation sites is 2. The van der Waals surface area contributed by atoms with Gasteiger partial charge in [0.25, 0.3) is 0 Å². The molecule has 1 heterocycles. The zero-order valence-corrected chi connectivity index (χ0v) is 14.0. The summed E-state index contributed by atoms with van der Waals surface area (Å²) in [6.45, 7) is 2.77. The lowest BCUT2D eigenvalue weighted by atomic mass is 10.1. The van der Waals surface area contributed by atoms with E-state index in [0.717, 1.165) is 26.1 Å². The van der Waals surface area contributed by atoms with E-state index >= 15 is 0 Å². The molecular weight excluding hydrogens is 314 g/mol. The predicted molar refractivity (Wildman–Crippen MR) is 92.8 cm³/mol. The number of hydrogen-bond donors (Lipinski definition) is 1. The largest absolute Gasteiger partial charge is 0.504 e. The van der Waals surface area contributed by atoms with Gasteiger partial charge in [-0.05, 0) is 43.3 Å². The van der Waals surface area contributed by atoms with Crippen LogP contribution in [-0.4, -0.2) is 42.9 Å². The summed E-state index contributed by atoms with van der Waals surface area (Å²) in [4.78, 5) is 2.30. The van der Waals surface area contributed by atoms with Gasteiger partial charge >= 0.3 is 0 Å². The van der Waals surface area contributed by atoms with Crippen molar-refractivity contribution in [3.63, 3.8) is 0 Å². The van der Waals surface area contributed by atoms with Gasteiger partial charge in [-0.2, -0.15) is 0 Å². The van der Waals surface area contributed by atoms with Gasteiger partial charge < -0.3 is 19.5 Å². The van der Waals surface area contributed by atoms with Gasteiger partial charge in [0.15, 0.2) is 11.5 Å². The predicted octanol–water partition coefficient (Wildman–Crippen LogP) is 3.48. The molecule has 1 unspecified atom stereocenters. The number of ether oxygens (including phenoxy) is 2. The second-order valence-corrected chi connectivity index (χ2v) is 5.67. The standard InChI is InChI=1S/C18H21NO3.ClH/c1-19-10-11-21-16(13-19)12-14-6-8-15(9-7-14)22-18-5-3-2-4-17(18)20;/h2-9,16,20H,10-13H2,1H3;1H. The summed E-state index contributed by atoms with van der Waals surface area (Å²) in [6.07, 6.45) is 1.16. The average Bonchev–Trinajstić information content (AvgIpc) is 2.52. The van der Waals surface area contributed by atoms with Crippen molar-refractivity contribution < 1.29 is 14.6 Å². The summed E-state index contributed by atoms with van der Waals surface area (Å²) < 4.78 is 11.5. The molecule has 0 aromatic heterocycles. The Hall–Kier alpha value is -1.75. The Labute approximate surface area is 143 Å². The summed E-state index contributed by atoms with van der Waals surface area (Å²) in [7, 11) is 2.12. The topological polar surface area (TPSA) is 41.9 Å². The van der Waals surface area contributed by atoms with Gasteiger partial charge in [0.2, 0.25) is 0 Å². The van der Waals surface area contributed by atoms with Crippen LogP contribution in [0.3, 0.4) is 0 Å². The smallest absolute Gasteiger partial charge is 0.169 e. The molecule has 0 aliphatic carbocycles. The van der Waals surface area contributed by atoms with Crippen LogP contribution < -0.4 is 4.74 Å². The molecule has 1 atom stereocenters. The lowest BCUT2D eigenvalue weighted by molar-refractivity contribution is -0.0185. The SMILES string of the molecule is CN1CCOC(Cc2ccc(Oc3ccccc3O)cc2)C1.Cl. The van der Waals surface area contributed by atoms with Crippen LogP contribution in [-0.2, 0) is 11.2 Å². The molecule has 0 saturated carbocycles. The van der Waals surface area contributed by atoms with Crippen molar-refractivity contribution in [2.45, 2.75) is 12.5 Å². The fourth-order valence-corrected chi connectivity index (χ4v) is 2.62. The van der Waals surface area contributed by atoms with Crippen LogP contribution in [0.1, 0.15) is 5.56 Å². The van der Waals surface area contributed by atoms with Crippen molar-refractivity contribution in [1.82, 2.24) is 4.90 Å². The Bertz CT molecular complexity index is 618. The lowest BCUT2D eigenvalue weighted by Gasteiger charge is -2.30. The molecule has 0 spiro atoms. The van der Waals surface area contributed by atoms with Crippen LogP contribution in [0.4, 0.5) is 0 Å². The third kappa shape index (κ3) is 4.86. The van der Waals surface area contributed by atoms with Gasteiger partial charge in [0, 0.05) is 13.1 Å². The molecule has 0 bridgehead atoms. The number of benzene rings is 2. The first-order valence-corrected chi connectivity index (χ1v) is 7.55. The molecule has 0 radical (unpaired) electrons. The fourth-order valence-electron chi connectivity index (χ4n) is 2.62. The molecule has 1 fully saturated rings. The van der Waals surface area contributed by atoms with Gasteiger partial charge in [0.1, 0.15) is 5.75 Å². The molecule has 2 aromatic carbocycles. The van der Waals surface area contributed by atoms with Crippen molar-refractivity contribution >= 4 is 12.4 Å². The van der Waals surface area contributed by atoms with Crippen LogP contribution >= 0.6 is 12.4 Å².